The van der Waals surface area contributed by atoms with Gasteiger partial charge in [-0.15, -0.1) is 0 Å². The van der Waals surface area contributed by atoms with Gasteiger partial charge in [0.15, 0.2) is 0 Å². The second-order valence-corrected chi connectivity index (χ2v) is 6.79. The van der Waals surface area contributed by atoms with E-state index in [0.717, 1.165) is 11.1 Å². The summed E-state index contributed by atoms with van der Waals surface area (Å²) >= 11 is 5.75. The van der Waals surface area contributed by atoms with Gasteiger partial charge in [-0.1, -0.05) is 41.4 Å². The van der Waals surface area contributed by atoms with Gasteiger partial charge in [0.25, 0.3) is 0 Å². The first kappa shape index (κ1) is 18.8. The van der Waals surface area contributed by atoms with Crippen LogP contribution in [0.2, 0.25) is 5.02 Å². The first-order valence-corrected chi connectivity index (χ1v) is 8.85. The van der Waals surface area contributed by atoms with Gasteiger partial charge in [0, 0.05) is 25.8 Å². The lowest BCUT2D eigenvalue weighted by molar-refractivity contribution is -0.157. The lowest BCUT2D eigenvalue weighted by Gasteiger charge is -2.33. The van der Waals surface area contributed by atoms with Gasteiger partial charge < -0.3 is 15.1 Å². The average Bonchev–Trinajstić information content (AvgIpc) is 2.63. The topological polar surface area (TPSA) is 82.6 Å². The molecule has 27 heavy (non-hydrogen) atoms. The van der Waals surface area contributed by atoms with Gasteiger partial charge >= 0.3 is 11.8 Å². The molecule has 1 aromatic heterocycles. The van der Waals surface area contributed by atoms with Crippen molar-refractivity contribution < 1.29 is 14.4 Å². The number of carbonyl (C=O) groups is 3. The van der Waals surface area contributed by atoms with Gasteiger partial charge in [-0.25, -0.2) is 4.98 Å². The van der Waals surface area contributed by atoms with E-state index in [1.165, 1.54) is 16.0 Å². The summed E-state index contributed by atoms with van der Waals surface area (Å²) in [5.74, 6) is -1.35. The Morgan fingerprint density at radius 3 is 2.59 bits per heavy atom. The molecule has 8 heteroatoms. The molecule has 1 fully saturated rings. The van der Waals surface area contributed by atoms with E-state index in [-0.39, 0.29) is 6.54 Å². The Balaban J connectivity index is 1.56. The molecule has 1 N–H and O–H groups in total. The molecule has 0 aliphatic carbocycles. The minimum absolute atomic E-state index is 0.201. The highest BCUT2D eigenvalue weighted by atomic mass is 35.5. The number of halogens is 1. The summed E-state index contributed by atoms with van der Waals surface area (Å²) in [5.41, 5.74) is 2.06. The van der Waals surface area contributed by atoms with E-state index in [2.05, 4.69) is 10.3 Å². The summed E-state index contributed by atoms with van der Waals surface area (Å²) < 4.78 is 0. The maximum absolute atomic E-state index is 12.4. The van der Waals surface area contributed by atoms with Crippen LogP contribution in [0, 0.1) is 6.92 Å². The maximum atomic E-state index is 12.4. The molecule has 0 saturated carbocycles. The second-order valence-electron chi connectivity index (χ2n) is 6.35. The summed E-state index contributed by atoms with van der Waals surface area (Å²) in [6.07, 6.45) is 1.41. The van der Waals surface area contributed by atoms with Crippen LogP contribution in [0.5, 0.6) is 0 Å². The van der Waals surface area contributed by atoms with Crippen molar-refractivity contribution in [2.75, 3.05) is 25.0 Å². The predicted molar refractivity (Wildman–Crippen MR) is 101 cm³/mol. The van der Waals surface area contributed by atoms with E-state index in [0.29, 0.717) is 30.5 Å². The predicted octanol–water partition coefficient (Wildman–Crippen LogP) is 1.85. The quantitative estimate of drug-likeness (QED) is 0.795. The second kappa shape index (κ2) is 8.18. The van der Waals surface area contributed by atoms with Gasteiger partial charge in [-0.2, -0.15) is 0 Å². The molecule has 140 valence electrons. The lowest BCUT2D eigenvalue weighted by Crippen LogP contribution is -2.55. The lowest BCUT2D eigenvalue weighted by atomic mass is 10.1. The van der Waals surface area contributed by atoms with E-state index in [1.807, 2.05) is 31.2 Å². The minimum atomic E-state index is -0.673. The largest absolute Gasteiger partial charge is 0.328 e. The first-order chi connectivity index (χ1) is 12.9. The number of rotatable bonds is 5. The Morgan fingerprint density at radius 1 is 1.15 bits per heavy atom. The van der Waals surface area contributed by atoms with Crippen molar-refractivity contribution in [3.8, 4) is 0 Å². The number of hydrogen-bond acceptors (Lipinski definition) is 4. The number of pyridine rings is 1. The standard InChI is InChI=1S/C19H19ClN4O3/c1-13-3-2-4-14(9-13)11-23-7-8-24(19(27)18(23)26)12-17(25)22-16-6-5-15(20)10-21-16/h2-6,9-10H,7-8,11-12H2,1H3,(H,21,22,25). The van der Waals surface area contributed by atoms with Crippen molar-refractivity contribution in [2.24, 2.45) is 0 Å². The highest BCUT2D eigenvalue weighted by Crippen LogP contribution is 2.13. The van der Waals surface area contributed by atoms with Crippen LogP contribution in [-0.4, -0.2) is 52.1 Å². The van der Waals surface area contributed by atoms with Crippen LogP contribution < -0.4 is 5.32 Å². The van der Waals surface area contributed by atoms with E-state index in [1.54, 1.807) is 12.1 Å². The number of aromatic nitrogens is 1. The van der Waals surface area contributed by atoms with Crippen LogP contribution in [-0.2, 0) is 20.9 Å². The molecular formula is C19H19ClN4O3. The van der Waals surface area contributed by atoms with Gasteiger partial charge in [0.1, 0.15) is 12.4 Å². The van der Waals surface area contributed by atoms with Crippen molar-refractivity contribution in [1.82, 2.24) is 14.8 Å². The number of hydrogen-bond donors (Lipinski definition) is 1. The fourth-order valence-corrected chi connectivity index (χ4v) is 2.96. The Kier molecular flexibility index (Phi) is 5.71. The minimum Gasteiger partial charge on any atom is -0.328 e. The average molecular weight is 387 g/mol. The number of anilines is 1. The highest BCUT2D eigenvalue weighted by molar-refractivity contribution is 6.35. The molecule has 0 bridgehead atoms. The zero-order valence-electron chi connectivity index (χ0n) is 14.8. The molecule has 1 aliphatic heterocycles. The van der Waals surface area contributed by atoms with Crippen LogP contribution in [0.4, 0.5) is 5.82 Å². The van der Waals surface area contributed by atoms with Crippen LogP contribution in [0.1, 0.15) is 11.1 Å². The van der Waals surface area contributed by atoms with Gasteiger partial charge in [0.2, 0.25) is 5.91 Å². The van der Waals surface area contributed by atoms with Crippen molar-refractivity contribution in [3.63, 3.8) is 0 Å². The summed E-state index contributed by atoms with van der Waals surface area (Å²) in [4.78, 5) is 43.6. The smallest absolute Gasteiger partial charge is 0.312 e. The van der Waals surface area contributed by atoms with E-state index >= 15 is 0 Å². The maximum Gasteiger partial charge on any atom is 0.312 e. The Morgan fingerprint density at radius 2 is 1.89 bits per heavy atom. The van der Waals surface area contributed by atoms with Crippen molar-refractivity contribution in [3.05, 3.63) is 58.7 Å². The first-order valence-electron chi connectivity index (χ1n) is 8.47. The van der Waals surface area contributed by atoms with Gasteiger partial charge in [-0.3, -0.25) is 14.4 Å². The molecule has 0 atom stereocenters. The highest BCUT2D eigenvalue weighted by Gasteiger charge is 2.33. The Bertz CT molecular complexity index is 870. The molecule has 3 rings (SSSR count). The van der Waals surface area contributed by atoms with Gasteiger partial charge in [-0.05, 0) is 24.6 Å². The van der Waals surface area contributed by atoms with Crippen molar-refractivity contribution in [1.29, 1.82) is 0 Å². The molecule has 1 saturated heterocycles. The van der Waals surface area contributed by atoms with Crippen LogP contribution in [0.25, 0.3) is 0 Å². The normalized spacial score (nSPS) is 14.4. The van der Waals surface area contributed by atoms with Gasteiger partial charge in [0.05, 0.1) is 5.02 Å². The summed E-state index contributed by atoms with van der Waals surface area (Å²) in [7, 11) is 0. The number of piperazine rings is 1. The van der Waals surface area contributed by atoms with Crippen molar-refractivity contribution in [2.45, 2.75) is 13.5 Å². The number of aryl methyl sites for hydroxylation is 1. The summed E-state index contributed by atoms with van der Waals surface area (Å²) in [6.45, 7) is 2.83. The van der Waals surface area contributed by atoms with Crippen molar-refractivity contribution >= 4 is 35.1 Å². The molecule has 2 heterocycles. The molecular weight excluding hydrogens is 368 g/mol. The molecule has 0 radical (unpaired) electrons. The summed E-state index contributed by atoms with van der Waals surface area (Å²) in [6, 6.07) is 11.0. The molecule has 7 nitrogen and oxygen atoms in total. The SMILES string of the molecule is Cc1cccc(CN2CCN(CC(=O)Nc3ccc(Cl)cn3)C(=O)C2=O)c1. The molecule has 1 aromatic carbocycles. The third-order valence-electron chi connectivity index (χ3n) is 4.18. The fourth-order valence-electron chi connectivity index (χ4n) is 2.85. The zero-order valence-corrected chi connectivity index (χ0v) is 15.6. The van der Waals surface area contributed by atoms with Crippen LogP contribution in [0.3, 0.4) is 0 Å². The number of nitrogens with zero attached hydrogens (tertiary/aromatic N) is 3. The third kappa shape index (κ3) is 4.83. The van der Waals surface area contributed by atoms with Crippen LogP contribution >= 0.6 is 11.6 Å². The number of amides is 3. The third-order valence-corrected chi connectivity index (χ3v) is 4.41. The van der Waals surface area contributed by atoms with E-state index < -0.39 is 17.7 Å². The molecule has 1 aliphatic rings. The number of nitrogens with one attached hydrogen (secondary N) is 1. The van der Waals surface area contributed by atoms with Crippen LogP contribution in [0.15, 0.2) is 42.6 Å². The summed E-state index contributed by atoms with van der Waals surface area (Å²) in [5, 5.41) is 3.04. The number of benzene rings is 1. The van der Waals surface area contributed by atoms with E-state index in [9.17, 15) is 14.4 Å². The Hall–Kier alpha value is -2.93. The molecule has 0 unspecified atom stereocenters. The molecule has 0 spiro atoms. The number of carbonyl (C=O) groups excluding carboxylic acids is 3. The molecule has 2 aromatic rings. The zero-order chi connectivity index (χ0) is 19.4. The molecule has 3 amide bonds. The monoisotopic (exact) mass is 386 g/mol. The van der Waals surface area contributed by atoms with E-state index in [4.69, 9.17) is 11.6 Å². The fraction of sp³-hybridized carbons (Fsp3) is 0.263. The Labute approximate surface area is 161 Å².